The first kappa shape index (κ1) is 14.9. The first-order chi connectivity index (χ1) is 9.26. The summed E-state index contributed by atoms with van der Waals surface area (Å²) in [5.41, 5.74) is -0.221. The molecule has 1 heterocycles. The van der Waals surface area contributed by atoms with Crippen molar-refractivity contribution in [2.75, 3.05) is 6.16 Å². The summed E-state index contributed by atoms with van der Waals surface area (Å²) in [6.45, 7) is 0. The van der Waals surface area contributed by atoms with Crippen LogP contribution in [-0.2, 0) is 4.57 Å². The van der Waals surface area contributed by atoms with E-state index >= 15 is 0 Å². The van der Waals surface area contributed by atoms with Crippen LogP contribution in [0, 0.1) is 0 Å². The summed E-state index contributed by atoms with van der Waals surface area (Å²) in [5.74, 6) is 0. The Morgan fingerprint density at radius 3 is 2.50 bits per heavy atom. The Labute approximate surface area is 120 Å². The fraction of sp³-hybridized carbons (Fsp3) is 0.0909. The molecule has 0 aliphatic carbocycles. The summed E-state index contributed by atoms with van der Waals surface area (Å²) in [6.07, 6.45) is 2.38. The van der Waals surface area contributed by atoms with E-state index in [1.807, 2.05) is 0 Å². The van der Waals surface area contributed by atoms with Gasteiger partial charge in [-0.15, -0.1) is 0 Å². The van der Waals surface area contributed by atoms with Gasteiger partial charge in [-0.3, -0.25) is 14.2 Å². The van der Waals surface area contributed by atoms with Gasteiger partial charge in [-0.05, 0) is 12.1 Å². The van der Waals surface area contributed by atoms with Gasteiger partial charge in [0.2, 0.25) is 0 Å². The third-order valence-corrected chi connectivity index (χ3v) is 3.61. The molecule has 0 unspecified atom stereocenters. The molecule has 1 aromatic heterocycles. The zero-order chi connectivity index (χ0) is 14.9. The fourth-order valence-corrected chi connectivity index (χ4v) is 2.52. The highest BCUT2D eigenvalue weighted by atomic mass is 79.9. The Hall–Kier alpha value is -1.47. The molecule has 9 heteroatoms. The molecule has 0 bridgehead atoms. The average molecular weight is 361 g/mol. The highest BCUT2D eigenvalue weighted by molar-refractivity contribution is 9.10. The Morgan fingerprint density at radius 1 is 1.20 bits per heavy atom. The van der Waals surface area contributed by atoms with Gasteiger partial charge in [-0.2, -0.15) is 0 Å². The Balaban J connectivity index is 2.58. The molecule has 0 saturated heterocycles. The van der Waals surface area contributed by atoms with Crippen LogP contribution in [0.2, 0.25) is 0 Å². The minimum Gasteiger partial charge on any atom is -0.324 e. The molecule has 0 aliphatic heterocycles. The van der Waals surface area contributed by atoms with Crippen LogP contribution in [0.1, 0.15) is 5.56 Å². The molecule has 1 aromatic carbocycles. The lowest BCUT2D eigenvalue weighted by atomic mass is 10.1. The van der Waals surface area contributed by atoms with Crippen molar-refractivity contribution in [1.29, 1.82) is 0 Å². The van der Waals surface area contributed by atoms with E-state index in [1.165, 1.54) is 12.2 Å². The number of allylic oxidation sites excluding steroid dienone is 1. The highest BCUT2D eigenvalue weighted by Gasteiger charge is 2.09. The number of fused-ring (bicyclic) bond motifs is 1. The third-order valence-electron chi connectivity index (χ3n) is 2.47. The number of hydrogen-bond acceptors (Lipinski definition) is 3. The van der Waals surface area contributed by atoms with E-state index in [2.05, 4.69) is 25.9 Å². The molecule has 106 valence electrons. The van der Waals surface area contributed by atoms with Crippen molar-refractivity contribution in [3.63, 3.8) is 0 Å². The van der Waals surface area contributed by atoms with Gasteiger partial charge in [-0.1, -0.05) is 28.1 Å². The maximum Gasteiger partial charge on any atom is 0.329 e. The van der Waals surface area contributed by atoms with E-state index in [0.29, 0.717) is 21.1 Å². The zero-order valence-electron chi connectivity index (χ0n) is 9.96. The van der Waals surface area contributed by atoms with Crippen molar-refractivity contribution < 1.29 is 14.4 Å². The maximum atomic E-state index is 11.3. The molecular weight excluding hydrogens is 351 g/mol. The van der Waals surface area contributed by atoms with E-state index < -0.39 is 24.9 Å². The fourth-order valence-electron chi connectivity index (χ4n) is 1.66. The van der Waals surface area contributed by atoms with Crippen LogP contribution in [-0.4, -0.2) is 25.9 Å². The number of hydrogen-bond donors (Lipinski definition) is 4. The Morgan fingerprint density at radius 2 is 1.85 bits per heavy atom. The van der Waals surface area contributed by atoms with E-state index in [4.69, 9.17) is 9.79 Å². The maximum absolute atomic E-state index is 11.3. The standard InChI is InChI=1S/C11H10BrN2O5P/c12-7-4-6(2-1-3-20(17,18)19)9-8(5-7)13-10(15)11(16)14-9/h1-2,4-5H,3H2,(H,13,15)(H,14,16)(H2,17,18,19)/b2-1+. The molecule has 0 amide bonds. The number of aromatic amines is 2. The summed E-state index contributed by atoms with van der Waals surface area (Å²) in [6, 6.07) is 3.28. The lowest BCUT2D eigenvalue weighted by molar-refractivity contribution is 0.377. The molecule has 0 fully saturated rings. The third kappa shape index (κ3) is 3.55. The average Bonchev–Trinajstić information content (AvgIpc) is 2.30. The van der Waals surface area contributed by atoms with Crippen LogP contribution in [0.25, 0.3) is 17.1 Å². The normalized spacial score (nSPS) is 12.3. The van der Waals surface area contributed by atoms with E-state index in [9.17, 15) is 14.2 Å². The van der Waals surface area contributed by atoms with Crippen LogP contribution >= 0.6 is 23.5 Å². The number of benzene rings is 1. The van der Waals surface area contributed by atoms with Crippen LogP contribution in [0.4, 0.5) is 0 Å². The molecule has 4 N–H and O–H groups in total. The Kier molecular flexibility index (Phi) is 4.10. The van der Waals surface area contributed by atoms with Gasteiger partial charge in [0.05, 0.1) is 17.2 Å². The van der Waals surface area contributed by atoms with Crippen molar-refractivity contribution in [3.8, 4) is 0 Å². The van der Waals surface area contributed by atoms with Crippen molar-refractivity contribution >= 4 is 40.6 Å². The minimum atomic E-state index is -4.12. The summed E-state index contributed by atoms with van der Waals surface area (Å²) in [7, 11) is -4.12. The van der Waals surface area contributed by atoms with Crippen molar-refractivity contribution in [2.45, 2.75) is 0 Å². The SMILES string of the molecule is O=c1[nH]c2cc(Br)cc(/C=C/CP(=O)(O)O)c2[nH]c1=O. The number of nitrogens with one attached hydrogen (secondary N) is 2. The summed E-state index contributed by atoms with van der Waals surface area (Å²) in [4.78, 5) is 45.1. The van der Waals surface area contributed by atoms with Gasteiger partial charge >= 0.3 is 18.7 Å². The molecule has 0 atom stereocenters. The first-order valence-electron chi connectivity index (χ1n) is 5.43. The van der Waals surface area contributed by atoms with E-state index in [1.54, 1.807) is 12.1 Å². The van der Waals surface area contributed by atoms with Crippen LogP contribution in [0.5, 0.6) is 0 Å². The second kappa shape index (κ2) is 5.49. The molecular formula is C11H10BrN2O5P. The number of rotatable bonds is 3. The molecule has 0 radical (unpaired) electrons. The molecule has 2 aromatic rings. The van der Waals surface area contributed by atoms with Crippen molar-refractivity contribution in [1.82, 2.24) is 9.97 Å². The lowest BCUT2D eigenvalue weighted by Crippen LogP contribution is -2.29. The van der Waals surface area contributed by atoms with Gasteiger partial charge in [0, 0.05) is 10.0 Å². The first-order valence-corrected chi connectivity index (χ1v) is 8.02. The number of H-pyrrole nitrogens is 2. The second-order valence-corrected chi connectivity index (χ2v) is 6.69. The Bertz CT molecular complexity index is 848. The smallest absolute Gasteiger partial charge is 0.324 e. The van der Waals surface area contributed by atoms with Crippen LogP contribution < -0.4 is 11.1 Å². The van der Waals surface area contributed by atoms with Gasteiger partial charge in [0.15, 0.2) is 0 Å². The predicted octanol–water partition coefficient (Wildman–Crippen LogP) is 1.17. The topological polar surface area (TPSA) is 123 Å². The van der Waals surface area contributed by atoms with E-state index in [-0.39, 0.29) is 0 Å². The largest absolute Gasteiger partial charge is 0.329 e. The lowest BCUT2D eigenvalue weighted by Gasteiger charge is -2.04. The molecule has 2 rings (SSSR count). The van der Waals surface area contributed by atoms with Gasteiger partial charge in [0.1, 0.15) is 0 Å². The molecule has 0 saturated carbocycles. The number of aromatic nitrogens is 2. The van der Waals surface area contributed by atoms with Crippen molar-refractivity contribution in [3.05, 3.63) is 49.0 Å². The minimum absolute atomic E-state index is 0.389. The zero-order valence-corrected chi connectivity index (χ0v) is 12.4. The van der Waals surface area contributed by atoms with Crippen molar-refractivity contribution in [2.24, 2.45) is 0 Å². The molecule has 0 spiro atoms. The second-order valence-electron chi connectivity index (χ2n) is 4.08. The summed E-state index contributed by atoms with van der Waals surface area (Å²) < 4.78 is 11.4. The highest BCUT2D eigenvalue weighted by Crippen LogP contribution is 2.34. The predicted molar refractivity (Wildman–Crippen MR) is 78.8 cm³/mol. The molecule has 0 aliphatic rings. The monoisotopic (exact) mass is 360 g/mol. The quantitative estimate of drug-likeness (QED) is 0.483. The van der Waals surface area contributed by atoms with Crippen LogP contribution in [0.15, 0.2) is 32.3 Å². The van der Waals surface area contributed by atoms with Crippen LogP contribution in [0.3, 0.4) is 0 Å². The summed E-state index contributed by atoms with van der Waals surface area (Å²) >= 11 is 3.26. The summed E-state index contributed by atoms with van der Waals surface area (Å²) in [5, 5.41) is 0. The van der Waals surface area contributed by atoms with E-state index in [0.717, 1.165) is 0 Å². The van der Waals surface area contributed by atoms with Gasteiger partial charge < -0.3 is 19.8 Å². The molecule has 20 heavy (non-hydrogen) atoms. The van der Waals surface area contributed by atoms with Gasteiger partial charge in [-0.25, -0.2) is 0 Å². The van der Waals surface area contributed by atoms with Gasteiger partial charge in [0.25, 0.3) is 0 Å². The number of halogens is 1. The molecule has 7 nitrogen and oxygen atoms in total.